The Morgan fingerprint density at radius 1 is 1.07 bits per heavy atom. The zero-order valence-electron chi connectivity index (χ0n) is 25.5. The molecule has 0 N–H and O–H groups in total. The summed E-state index contributed by atoms with van der Waals surface area (Å²) in [5.74, 6) is 2.49. The number of amides is 1. The first kappa shape index (κ1) is 28.6. The Labute approximate surface area is 259 Å². The molecular formula is C35H40N6O3. The number of carbonyl (C=O) groups is 1. The van der Waals surface area contributed by atoms with Gasteiger partial charge in [-0.1, -0.05) is 36.9 Å². The summed E-state index contributed by atoms with van der Waals surface area (Å²) in [4.78, 5) is 32.5. The van der Waals surface area contributed by atoms with Gasteiger partial charge in [0.1, 0.15) is 18.5 Å². The van der Waals surface area contributed by atoms with Crippen molar-refractivity contribution < 1.29 is 14.3 Å². The molecule has 1 aromatic heterocycles. The van der Waals surface area contributed by atoms with E-state index >= 15 is 0 Å². The monoisotopic (exact) mass is 592 g/mol. The molecule has 1 amide bonds. The SMILES string of the molecule is [C-]#[N+]C[C@H]1CN(c2nc(OCCOC3CC4CC4C3)nc3c2CCN(c2cccc4cccc(C)c24)C3)CCN1C(=O)C=C. The maximum absolute atomic E-state index is 12.6. The predicted molar refractivity (Wildman–Crippen MR) is 171 cm³/mol. The molecule has 0 bridgehead atoms. The highest BCUT2D eigenvalue weighted by Gasteiger charge is 2.46. The zero-order valence-corrected chi connectivity index (χ0v) is 25.5. The lowest BCUT2D eigenvalue weighted by molar-refractivity contribution is -0.128. The lowest BCUT2D eigenvalue weighted by Gasteiger charge is -2.41. The standard InChI is InChI=1S/C35H40N6O3/c1-4-32(42)41-14-13-40(21-27(41)20-36-3)34-29-11-12-39(31-10-6-9-24-8-5-7-23(2)33(24)31)22-30(29)37-35(38-34)44-16-15-43-28-18-25-17-26(25)19-28/h4-10,25-28H,1,11-22H2,2H3/t25?,26?,27-,28?/m0/s1. The summed E-state index contributed by atoms with van der Waals surface area (Å²) in [6, 6.07) is 13.1. The van der Waals surface area contributed by atoms with E-state index in [2.05, 4.69) is 64.5 Å². The molecule has 0 spiro atoms. The van der Waals surface area contributed by atoms with E-state index < -0.39 is 0 Å². The molecule has 3 heterocycles. The van der Waals surface area contributed by atoms with Crippen molar-refractivity contribution in [1.82, 2.24) is 14.9 Å². The molecule has 2 aliphatic carbocycles. The van der Waals surface area contributed by atoms with Crippen LogP contribution in [0.3, 0.4) is 0 Å². The van der Waals surface area contributed by atoms with Crippen LogP contribution in [0.1, 0.15) is 36.1 Å². The fraction of sp³-hybridized carbons (Fsp3) is 0.486. The van der Waals surface area contributed by atoms with Crippen molar-refractivity contribution in [3.05, 3.63) is 77.3 Å². The van der Waals surface area contributed by atoms with E-state index in [0.717, 1.165) is 41.9 Å². The van der Waals surface area contributed by atoms with E-state index in [0.29, 0.717) is 51.5 Å². The summed E-state index contributed by atoms with van der Waals surface area (Å²) in [5.41, 5.74) is 4.56. The molecule has 9 nitrogen and oxygen atoms in total. The number of carbonyl (C=O) groups excluding carboxylic acids is 1. The number of nitrogens with zero attached hydrogens (tertiary/aromatic N) is 6. The van der Waals surface area contributed by atoms with Crippen molar-refractivity contribution in [2.45, 2.75) is 51.3 Å². The molecule has 3 aromatic rings. The Morgan fingerprint density at radius 2 is 1.89 bits per heavy atom. The number of rotatable bonds is 9. The molecule has 2 saturated carbocycles. The third-order valence-corrected chi connectivity index (χ3v) is 9.86. The lowest BCUT2D eigenvalue weighted by atomic mass is 9.99. The van der Waals surface area contributed by atoms with Gasteiger partial charge in [-0.3, -0.25) is 4.79 Å². The van der Waals surface area contributed by atoms with Crippen LogP contribution in [-0.4, -0.2) is 78.9 Å². The third kappa shape index (κ3) is 5.59. The first-order chi connectivity index (χ1) is 21.5. The Kier molecular flexibility index (Phi) is 7.85. The second-order valence-corrected chi connectivity index (χ2v) is 12.6. The number of anilines is 2. The van der Waals surface area contributed by atoms with Gasteiger partial charge in [-0.25, -0.2) is 6.57 Å². The average Bonchev–Trinajstić information content (AvgIpc) is 3.66. The number of ether oxygens (including phenoxy) is 2. The number of hydrogen-bond acceptors (Lipinski definition) is 7. The molecule has 2 aliphatic heterocycles. The van der Waals surface area contributed by atoms with E-state index in [4.69, 9.17) is 26.0 Å². The Morgan fingerprint density at radius 3 is 2.68 bits per heavy atom. The molecule has 228 valence electrons. The molecule has 9 heteroatoms. The van der Waals surface area contributed by atoms with Crippen molar-refractivity contribution in [3.63, 3.8) is 0 Å². The van der Waals surface area contributed by atoms with Gasteiger partial charge in [0, 0.05) is 42.8 Å². The van der Waals surface area contributed by atoms with Crippen LogP contribution in [0.15, 0.2) is 49.1 Å². The van der Waals surface area contributed by atoms with Crippen LogP contribution in [0.5, 0.6) is 6.01 Å². The molecule has 1 saturated heterocycles. The fourth-order valence-corrected chi connectivity index (χ4v) is 7.55. The van der Waals surface area contributed by atoms with Crippen molar-refractivity contribution >= 4 is 28.2 Å². The maximum atomic E-state index is 12.6. The van der Waals surface area contributed by atoms with E-state index in [1.807, 2.05) is 0 Å². The van der Waals surface area contributed by atoms with E-state index in [1.54, 1.807) is 4.90 Å². The topological polar surface area (TPSA) is 75.4 Å². The van der Waals surface area contributed by atoms with Gasteiger partial charge < -0.3 is 29.0 Å². The normalized spacial score (nSPS) is 24.0. The highest BCUT2D eigenvalue weighted by Crippen LogP contribution is 2.52. The minimum Gasteiger partial charge on any atom is -0.461 e. The molecule has 44 heavy (non-hydrogen) atoms. The number of aromatic nitrogens is 2. The minimum absolute atomic E-state index is 0.132. The van der Waals surface area contributed by atoms with Gasteiger partial charge >= 0.3 is 6.01 Å². The molecule has 0 radical (unpaired) electrons. The largest absolute Gasteiger partial charge is 0.461 e. The summed E-state index contributed by atoms with van der Waals surface area (Å²) in [6.07, 6.45) is 6.23. The van der Waals surface area contributed by atoms with Crippen molar-refractivity contribution in [1.29, 1.82) is 0 Å². The number of fused-ring (bicyclic) bond motifs is 3. The number of hydrogen-bond donors (Lipinski definition) is 0. The lowest BCUT2D eigenvalue weighted by Crippen LogP contribution is -2.56. The van der Waals surface area contributed by atoms with Crippen LogP contribution in [0.25, 0.3) is 15.6 Å². The Hall–Kier alpha value is -4.16. The van der Waals surface area contributed by atoms with Gasteiger partial charge in [0.25, 0.3) is 0 Å². The van der Waals surface area contributed by atoms with E-state index in [1.165, 1.54) is 47.4 Å². The van der Waals surface area contributed by atoms with Crippen LogP contribution < -0.4 is 14.5 Å². The van der Waals surface area contributed by atoms with E-state index in [9.17, 15) is 4.79 Å². The molecule has 2 aromatic carbocycles. The highest BCUT2D eigenvalue weighted by atomic mass is 16.5. The number of benzene rings is 2. The number of piperazine rings is 1. The van der Waals surface area contributed by atoms with Crippen LogP contribution in [0.2, 0.25) is 0 Å². The van der Waals surface area contributed by atoms with Crippen LogP contribution in [-0.2, 0) is 22.5 Å². The van der Waals surface area contributed by atoms with E-state index in [-0.39, 0.29) is 18.5 Å². The number of aryl methyl sites for hydroxylation is 1. The van der Waals surface area contributed by atoms with Gasteiger partial charge in [0.2, 0.25) is 12.5 Å². The molecule has 3 atom stereocenters. The molecular weight excluding hydrogens is 552 g/mol. The maximum Gasteiger partial charge on any atom is 0.318 e. The summed E-state index contributed by atoms with van der Waals surface area (Å²) in [7, 11) is 0. The van der Waals surface area contributed by atoms with Gasteiger partial charge in [-0.15, -0.1) is 0 Å². The van der Waals surface area contributed by atoms with Gasteiger partial charge in [-0.2, -0.15) is 9.97 Å². The third-order valence-electron chi connectivity index (χ3n) is 9.86. The predicted octanol–water partition coefficient (Wildman–Crippen LogP) is 4.82. The van der Waals surface area contributed by atoms with Crippen molar-refractivity contribution in [3.8, 4) is 6.01 Å². The van der Waals surface area contributed by atoms with Crippen LogP contribution in [0.4, 0.5) is 11.5 Å². The van der Waals surface area contributed by atoms with Crippen molar-refractivity contribution in [2.75, 3.05) is 55.7 Å². The first-order valence-corrected chi connectivity index (χ1v) is 15.9. The molecule has 3 fully saturated rings. The summed E-state index contributed by atoms with van der Waals surface area (Å²) >= 11 is 0. The van der Waals surface area contributed by atoms with Gasteiger partial charge in [0.15, 0.2) is 0 Å². The van der Waals surface area contributed by atoms with Gasteiger partial charge in [-0.05, 0) is 67.5 Å². The zero-order chi connectivity index (χ0) is 30.2. The van der Waals surface area contributed by atoms with Crippen molar-refractivity contribution in [2.24, 2.45) is 11.8 Å². The molecule has 4 aliphatic rings. The minimum atomic E-state index is -0.230. The summed E-state index contributed by atoms with van der Waals surface area (Å²) in [6.45, 7) is 17.7. The summed E-state index contributed by atoms with van der Waals surface area (Å²) < 4.78 is 12.3. The van der Waals surface area contributed by atoms with Crippen LogP contribution >= 0.6 is 0 Å². The quantitative estimate of drug-likeness (QED) is 0.200. The average molecular weight is 593 g/mol. The Balaban J connectivity index is 1.16. The second-order valence-electron chi connectivity index (χ2n) is 12.6. The van der Waals surface area contributed by atoms with Crippen LogP contribution in [0, 0.1) is 25.3 Å². The first-order valence-electron chi connectivity index (χ1n) is 15.9. The van der Waals surface area contributed by atoms with Gasteiger partial charge in [0.05, 0.1) is 24.9 Å². The second kappa shape index (κ2) is 12.1. The molecule has 7 rings (SSSR count). The highest BCUT2D eigenvalue weighted by molar-refractivity contribution is 5.97. The fourth-order valence-electron chi connectivity index (χ4n) is 7.55. The smallest absolute Gasteiger partial charge is 0.318 e. The molecule has 2 unspecified atom stereocenters. The Bertz CT molecular complexity index is 1600. The summed E-state index contributed by atoms with van der Waals surface area (Å²) in [5, 5.41) is 2.51.